The van der Waals surface area contributed by atoms with Crippen LogP contribution in [0.5, 0.6) is 0 Å². The normalized spacial score (nSPS) is 14.3. The number of aliphatic hydroxyl groups excluding tert-OH is 1. The highest BCUT2D eigenvalue weighted by atomic mass is 32.1. The average molecular weight is 213 g/mol. The van der Waals surface area contributed by atoms with Crippen molar-refractivity contribution >= 4 is 11.3 Å². The molecule has 0 saturated heterocycles. The summed E-state index contributed by atoms with van der Waals surface area (Å²) in [6.45, 7) is 8.09. The van der Waals surface area contributed by atoms with Crippen molar-refractivity contribution in [1.82, 2.24) is 5.32 Å². The Hall–Kier alpha value is -0.380. The third kappa shape index (κ3) is 4.22. The summed E-state index contributed by atoms with van der Waals surface area (Å²) in [5.74, 6) is 0. The Morgan fingerprint density at radius 2 is 2.21 bits per heavy atom. The summed E-state index contributed by atoms with van der Waals surface area (Å²) in [4.78, 5) is 0. The monoisotopic (exact) mass is 213 g/mol. The molecule has 0 radical (unpaired) electrons. The number of hydrogen-bond acceptors (Lipinski definition) is 3. The minimum atomic E-state index is -0.372. The van der Waals surface area contributed by atoms with E-state index in [0.29, 0.717) is 6.54 Å². The van der Waals surface area contributed by atoms with Gasteiger partial charge in [0, 0.05) is 13.1 Å². The fraction of sp³-hybridized carbons (Fsp3) is 0.636. The second-order valence-corrected chi connectivity index (χ2v) is 5.54. The van der Waals surface area contributed by atoms with Crippen LogP contribution in [0.4, 0.5) is 0 Å². The molecule has 0 spiro atoms. The van der Waals surface area contributed by atoms with E-state index < -0.39 is 0 Å². The molecule has 1 unspecified atom stereocenters. The highest BCUT2D eigenvalue weighted by molar-refractivity contribution is 7.07. The number of hydrogen-bond donors (Lipinski definition) is 2. The predicted octanol–water partition coefficient (Wildman–Crippen LogP) is 2.42. The largest absolute Gasteiger partial charge is 0.387 e. The first-order chi connectivity index (χ1) is 6.49. The molecule has 1 rings (SSSR count). The average Bonchev–Trinajstić information content (AvgIpc) is 2.53. The molecule has 1 atom stereocenters. The Kier molecular flexibility index (Phi) is 4.11. The smallest absolute Gasteiger partial charge is 0.0922 e. The number of thiophene rings is 1. The van der Waals surface area contributed by atoms with Crippen molar-refractivity contribution in [1.29, 1.82) is 0 Å². The van der Waals surface area contributed by atoms with Gasteiger partial charge in [0.25, 0.3) is 0 Å². The minimum absolute atomic E-state index is 0.272. The van der Waals surface area contributed by atoms with Crippen LogP contribution in [0, 0.1) is 5.41 Å². The molecular weight excluding hydrogens is 194 g/mol. The third-order valence-corrected chi connectivity index (χ3v) is 2.62. The van der Waals surface area contributed by atoms with Gasteiger partial charge in [-0.2, -0.15) is 11.3 Å². The van der Waals surface area contributed by atoms with Crippen molar-refractivity contribution in [3.63, 3.8) is 0 Å². The van der Waals surface area contributed by atoms with Gasteiger partial charge in [0.1, 0.15) is 0 Å². The quantitative estimate of drug-likeness (QED) is 0.805. The lowest BCUT2D eigenvalue weighted by atomic mass is 9.97. The molecule has 0 amide bonds. The van der Waals surface area contributed by atoms with Crippen LogP contribution in [0.25, 0.3) is 0 Å². The van der Waals surface area contributed by atoms with Gasteiger partial charge in [-0.3, -0.25) is 0 Å². The molecule has 3 heteroatoms. The Labute approximate surface area is 90.0 Å². The highest BCUT2D eigenvalue weighted by Gasteiger charge is 2.11. The van der Waals surface area contributed by atoms with E-state index in [1.165, 1.54) is 0 Å². The standard InChI is InChI=1S/C11H19NOS/c1-11(2,3)8-12-6-10(13)9-4-5-14-7-9/h4-5,7,10,12-13H,6,8H2,1-3H3. The van der Waals surface area contributed by atoms with E-state index in [2.05, 4.69) is 26.1 Å². The van der Waals surface area contributed by atoms with E-state index in [1.807, 2.05) is 16.8 Å². The predicted molar refractivity (Wildman–Crippen MR) is 61.6 cm³/mol. The number of rotatable bonds is 4. The second-order valence-electron chi connectivity index (χ2n) is 4.76. The molecule has 2 N–H and O–H groups in total. The summed E-state index contributed by atoms with van der Waals surface area (Å²) in [7, 11) is 0. The van der Waals surface area contributed by atoms with Gasteiger partial charge in [-0.25, -0.2) is 0 Å². The summed E-state index contributed by atoms with van der Waals surface area (Å²) in [6.07, 6.45) is -0.372. The summed E-state index contributed by atoms with van der Waals surface area (Å²) >= 11 is 1.62. The molecule has 1 heterocycles. The summed E-state index contributed by atoms with van der Waals surface area (Å²) in [5.41, 5.74) is 1.28. The van der Waals surface area contributed by atoms with E-state index in [0.717, 1.165) is 12.1 Å². The third-order valence-electron chi connectivity index (χ3n) is 1.92. The molecule has 0 bridgehead atoms. The molecule has 0 saturated carbocycles. The molecule has 1 aromatic heterocycles. The molecule has 14 heavy (non-hydrogen) atoms. The van der Waals surface area contributed by atoms with Gasteiger partial charge < -0.3 is 10.4 Å². The van der Waals surface area contributed by atoms with Crippen LogP contribution in [0.3, 0.4) is 0 Å². The van der Waals surface area contributed by atoms with Gasteiger partial charge in [-0.1, -0.05) is 20.8 Å². The van der Waals surface area contributed by atoms with Crippen molar-refractivity contribution in [2.75, 3.05) is 13.1 Å². The Bertz CT molecular complexity index is 251. The van der Waals surface area contributed by atoms with Crippen molar-refractivity contribution in [2.24, 2.45) is 5.41 Å². The number of nitrogens with one attached hydrogen (secondary N) is 1. The SMILES string of the molecule is CC(C)(C)CNCC(O)c1ccsc1. The van der Waals surface area contributed by atoms with Crippen LogP contribution in [-0.2, 0) is 0 Å². The molecule has 0 aliphatic heterocycles. The van der Waals surface area contributed by atoms with Crippen molar-refractivity contribution in [3.05, 3.63) is 22.4 Å². The van der Waals surface area contributed by atoms with Gasteiger partial charge in [-0.05, 0) is 27.8 Å². The minimum Gasteiger partial charge on any atom is -0.387 e. The maximum Gasteiger partial charge on any atom is 0.0922 e. The molecule has 0 fully saturated rings. The zero-order valence-corrected chi connectivity index (χ0v) is 9.90. The van der Waals surface area contributed by atoms with Gasteiger partial charge >= 0.3 is 0 Å². The van der Waals surface area contributed by atoms with Gasteiger partial charge in [0.15, 0.2) is 0 Å². The molecule has 80 valence electrons. The molecule has 2 nitrogen and oxygen atoms in total. The Balaban J connectivity index is 2.26. The maximum absolute atomic E-state index is 9.75. The van der Waals surface area contributed by atoms with Crippen LogP contribution < -0.4 is 5.32 Å². The van der Waals surface area contributed by atoms with Crippen molar-refractivity contribution < 1.29 is 5.11 Å². The fourth-order valence-electron chi connectivity index (χ4n) is 1.17. The summed E-state index contributed by atoms with van der Waals surface area (Å²) < 4.78 is 0. The van der Waals surface area contributed by atoms with E-state index in [4.69, 9.17) is 0 Å². The van der Waals surface area contributed by atoms with E-state index in [1.54, 1.807) is 11.3 Å². The summed E-state index contributed by atoms with van der Waals surface area (Å²) in [6, 6.07) is 1.97. The second kappa shape index (κ2) is 4.91. The molecular formula is C11H19NOS. The van der Waals surface area contributed by atoms with Crippen molar-refractivity contribution in [3.8, 4) is 0 Å². The Morgan fingerprint density at radius 3 is 2.71 bits per heavy atom. The fourth-order valence-corrected chi connectivity index (χ4v) is 1.87. The van der Waals surface area contributed by atoms with Gasteiger partial charge in [0.2, 0.25) is 0 Å². The highest BCUT2D eigenvalue weighted by Crippen LogP contribution is 2.16. The van der Waals surface area contributed by atoms with E-state index >= 15 is 0 Å². The Morgan fingerprint density at radius 1 is 1.50 bits per heavy atom. The van der Waals surface area contributed by atoms with Crippen LogP contribution in [0.2, 0.25) is 0 Å². The van der Waals surface area contributed by atoms with Crippen LogP contribution in [0.1, 0.15) is 32.4 Å². The summed E-state index contributed by atoms with van der Waals surface area (Å²) in [5, 5.41) is 17.0. The van der Waals surface area contributed by atoms with Gasteiger partial charge in [-0.15, -0.1) is 0 Å². The first-order valence-corrected chi connectivity index (χ1v) is 5.84. The lowest BCUT2D eigenvalue weighted by Gasteiger charge is -2.20. The lowest BCUT2D eigenvalue weighted by molar-refractivity contribution is 0.170. The molecule has 1 aromatic rings. The first kappa shape index (κ1) is 11.7. The molecule has 0 aliphatic carbocycles. The zero-order chi connectivity index (χ0) is 10.6. The lowest BCUT2D eigenvalue weighted by Crippen LogP contribution is -2.30. The van der Waals surface area contributed by atoms with Gasteiger partial charge in [0.05, 0.1) is 6.10 Å². The topological polar surface area (TPSA) is 32.3 Å². The molecule has 0 aliphatic rings. The first-order valence-electron chi connectivity index (χ1n) is 4.90. The van der Waals surface area contributed by atoms with E-state index in [-0.39, 0.29) is 11.5 Å². The maximum atomic E-state index is 9.75. The molecule has 0 aromatic carbocycles. The van der Waals surface area contributed by atoms with Crippen molar-refractivity contribution in [2.45, 2.75) is 26.9 Å². The zero-order valence-electron chi connectivity index (χ0n) is 9.08. The van der Waals surface area contributed by atoms with Crippen LogP contribution in [-0.4, -0.2) is 18.2 Å². The number of aliphatic hydroxyl groups is 1. The van der Waals surface area contributed by atoms with E-state index in [9.17, 15) is 5.11 Å². The van der Waals surface area contributed by atoms with Crippen LogP contribution >= 0.6 is 11.3 Å². The van der Waals surface area contributed by atoms with Crippen LogP contribution in [0.15, 0.2) is 16.8 Å².